The highest BCUT2D eigenvalue weighted by molar-refractivity contribution is 5.93. The zero-order chi connectivity index (χ0) is 25.9. The minimum Gasteiger partial charge on any atom is -0.367 e. The molecule has 0 spiro atoms. The summed E-state index contributed by atoms with van der Waals surface area (Å²) in [4.78, 5) is 22.7. The molecule has 2 amide bonds. The molecule has 2 saturated heterocycles. The number of aryl methyl sites for hydroxylation is 1. The van der Waals surface area contributed by atoms with Crippen molar-refractivity contribution in [2.24, 2.45) is 0 Å². The summed E-state index contributed by atoms with van der Waals surface area (Å²) < 4.78 is 0. The number of rotatable bonds is 7. The van der Waals surface area contributed by atoms with Crippen LogP contribution < -0.4 is 15.5 Å². The minimum absolute atomic E-state index is 0.0543. The van der Waals surface area contributed by atoms with E-state index in [0.717, 1.165) is 37.3 Å². The number of carbonyl (C=O) groups is 1. The molecule has 2 N–H and O–H groups in total. The number of benzene rings is 3. The van der Waals surface area contributed by atoms with Crippen molar-refractivity contribution in [3.8, 4) is 0 Å². The normalized spacial score (nSPS) is 19.9. The van der Waals surface area contributed by atoms with E-state index in [1.165, 1.54) is 34.9 Å². The maximum Gasteiger partial charge on any atom is 0.319 e. The number of anilines is 2. The average Bonchev–Trinajstić information content (AvgIpc) is 3.18. The third-order valence-corrected chi connectivity index (χ3v) is 8.11. The van der Waals surface area contributed by atoms with E-state index < -0.39 is 0 Å². The molecule has 3 heterocycles. The Bertz CT molecular complexity index is 1370. The van der Waals surface area contributed by atoms with Gasteiger partial charge in [-0.2, -0.15) is 0 Å². The number of nitrogens with zero attached hydrogens (tertiary/aromatic N) is 3. The number of urea groups is 1. The summed E-state index contributed by atoms with van der Waals surface area (Å²) in [6.45, 7) is 5.04. The number of nitrogens with one attached hydrogen (secondary N) is 2. The van der Waals surface area contributed by atoms with Crippen molar-refractivity contribution >= 4 is 28.2 Å². The van der Waals surface area contributed by atoms with Crippen LogP contribution >= 0.6 is 0 Å². The third kappa shape index (κ3) is 5.22. The zero-order valence-electron chi connectivity index (χ0n) is 21.9. The van der Waals surface area contributed by atoms with Crippen molar-refractivity contribution in [2.75, 3.05) is 29.9 Å². The van der Waals surface area contributed by atoms with Crippen LogP contribution in [0.1, 0.15) is 36.4 Å². The van der Waals surface area contributed by atoms with Crippen LogP contribution in [0.4, 0.5) is 16.2 Å². The number of hydrogen-bond donors (Lipinski definition) is 2. The second kappa shape index (κ2) is 10.8. The van der Waals surface area contributed by atoms with Crippen LogP contribution in [0.25, 0.3) is 10.8 Å². The molecule has 6 rings (SSSR count). The van der Waals surface area contributed by atoms with E-state index in [9.17, 15) is 4.79 Å². The van der Waals surface area contributed by atoms with Crippen molar-refractivity contribution in [1.82, 2.24) is 15.2 Å². The molecule has 3 aromatic carbocycles. The lowest BCUT2D eigenvalue weighted by Crippen LogP contribution is -2.54. The fraction of sp³-hybridized carbons (Fsp3) is 0.312. The van der Waals surface area contributed by atoms with Gasteiger partial charge in [0.05, 0.1) is 17.9 Å². The first-order valence-electron chi connectivity index (χ1n) is 13.7. The third-order valence-electron chi connectivity index (χ3n) is 8.11. The van der Waals surface area contributed by atoms with Gasteiger partial charge in [-0.3, -0.25) is 9.88 Å². The van der Waals surface area contributed by atoms with E-state index in [0.29, 0.717) is 12.1 Å². The number of aromatic nitrogens is 1. The zero-order valence-corrected chi connectivity index (χ0v) is 21.9. The van der Waals surface area contributed by atoms with Gasteiger partial charge < -0.3 is 15.5 Å². The van der Waals surface area contributed by atoms with Gasteiger partial charge >= 0.3 is 6.03 Å². The SMILES string of the molecule is Cc1ccc(NC(=O)N[C@@H](CCN2C3CC[C@@H]2CN(c2cncc4ccccc24)C3)c2ccccc2)cc1. The van der Waals surface area contributed by atoms with Crippen LogP contribution in [0.3, 0.4) is 0 Å². The van der Waals surface area contributed by atoms with E-state index in [1.807, 2.05) is 61.8 Å². The Morgan fingerprint density at radius 3 is 2.39 bits per heavy atom. The van der Waals surface area contributed by atoms with E-state index >= 15 is 0 Å². The van der Waals surface area contributed by atoms with Crippen molar-refractivity contribution in [3.63, 3.8) is 0 Å². The molecule has 0 aliphatic carbocycles. The maximum absolute atomic E-state index is 12.9. The topological polar surface area (TPSA) is 60.5 Å². The largest absolute Gasteiger partial charge is 0.367 e. The van der Waals surface area contributed by atoms with Gasteiger partial charge in [-0.05, 0) is 43.9 Å². The molecule has 2 fully saturated rings. The van der Waals surface area contributed by atoms with Gasteiger partial charge in [-0.25, -0.2) is 4.79 Å². The number of carbonyl (C=O) groups excluding carboxylic acids is 1. The lowest BCUT2D eigenvalue weighted by molar-refractivity contribution is 0.161. The van der Waals surface area contributed by atoms with E-state index in [4.69, 9.17) is 0 Å². The molecule has 6 heteroatoms. The monoisotopic (exact) mass is 505 g/mol. The van der Waals surface area contributed by atoms with E-state index in [1.54, 1.807) is 0 Å². The van der Waals surface area contributed by atoms with Gasteiger partial charge in [-0.1, -0.05) is 72.3 Å². The molecular weight excluding hydrogens is 470 g/mol. The summed E-state index contributed by atoms with van der Waals surface area (Å²) in [6, 6.07) is 27.6. The fourth-order valence-electron chi connectivity index (χ4n) is 6.15. The highest BCUT2D eigenvalue weighted by atomic mass is 16.2. The second-order valence-corrected chi connectivity index (χ2v) is 10.6. The highest BCUT2D eigenvalue weighted by Gasteiger charge is 2.40. The first-order chi connectivity index (χ1) is 18.6. The molecule has 6 nitrogen and oxygen atoms in total. The lowest BCUT2D eigenvalue weighted by atomic mass is 10.0. The number of piperazine rings is 1. The summed E-state index contributed by atoms with van der Waals surface area (Å²) >= 11 is 0. The molecule has 1 aromatic heterocycles. The van der Waals surface area contributed by atoms with E-state index in [2.05, 4.69) is 61.8 Å². The van der Waals surface area contributed by atoms with Crippen molar-refractivity contribution in [2.45, 2.75) is 44.3 Å². The molecule has 4 aromatic rings. The molecule has 1 unspecified atom stereocenters. The quantitative estimate of drug-likeness (QED) is 0.316. The average molecular weight is 506 g/mol. The lowest BCUT2D eigenvalue weighted by Gasteiger charge is -2.42. The minimum atomic E-state index is -0.168. The number of fused-ring (bicyclic) bond motifs is 3. The number of pyridine rings is 1. The van der Waals surface area contributed by atoms with Gasteiger partial charge in [0.1, 0.15) is 0 Å². The van der Waals surface area contributed by atoms with Crippen LogP contribution in [0, 0.1) is 6.92 Å². The van der Waals surface area contributed by atoms with Gasteiger partial charge in [0.2, 0.25) is 0 Å². The van der Waals surface area contributed by atoms with E-state index in [-0.39, 0.29) is 12.1 Å². The van der Waals surface area contributed by atoms with Crippen LogP contribution in [0.5, 0.6) is 0 Å². The first-order valence-corrected chi connectivity index (χ1v) is 13.7. The fourth-order valence-corrected chi connectivity index (χ4v) is 6.15. The molecule has 2 aliphatic rings. The van der Waals surface area contributed by atoms with Crippen molar-refractivity contribution < 1.29 is 4.79 Å². The number of hydrogen-bond acceptors (Lipinski definition) is 4. The number of amides is 2. The van der Waals surface area contributed by atoms with Gasteiger partial charge in [-0.15, -0.1) is 0 Å². The van der Waals surface area contributed by atoms with Gasteiger partial charge in [0.15, 0.2) is 0 Å². The van der Waals surface area contributed by atoms with Gasteiger partial charge in [0, 0.05) is 54.4 Å². The van der Waals surface area contributed by atoms with Crippen LogP contribution in [-0.2, 0) is 0 Å². The Labute approximate surface area is 224 Å². The summed E-state index contributed by atoms with van der Waals surface area (Å²) in [5.74, 6) is 0. The van der Waals surface area contributed by atoms with Crippen molar-refractivity contribution in [3.05, 3.63) is 102 Å². The molecule has 38 heavy (non-hydrogen) atoms. The molecule has 0 radical (unpaired) electrons. The summed E-state index contributed by atoms with van der Waals surface area (Å²) in [5.41, 5.74) is 4.36. The molecular formula is C32H35N5O. The molecule has 2 bridgehead atoms. The Morgan fingerprint density at radius 1 is 0.921 bits per heavy atom. The van der Waals surface area contributed by atoms with Crippen LogP contribution in [0.2, 0.25) is 0 Å². The summed E-state index contributed by atoms with van der Waals surface area (Å²) in [7, 11) is 0. The predicted octanol–water partition coefficient (Wildman–Crippen LogP) is 6.15. The van der Waals surface area contributed by atoms with Crippen LogP contribution in [0.15, 0.2) is 91.3 Å². The molecule has 0 saturated carbocycles. The summed E-state index contributed by atoms with van der Waals surface area (Å²) in [5, 5.41) is 8.72. The highest BCUT2D eigenvalue weighted by Crippen LogP contribution is 2.35. The van der Waals surface area contributed by atoms with Crippen LogP contribution in [-0.4, -0.2) is 47.6 Å². The predicted molar refractivity (Wildman–Crippen MR) is 155 cm³/mol. The standard InChI is InChI=1S/C32H35N5O/c1-23-11-13-26(14-12-23)34-32(38)35-30(24-7-3-2-4-8-24)17-18-37-27-15-16-28(37)22-36(21-27)31-20-33-19-25-9-5-6-10-29(25)31/h2-14,19-20,27-28,30H,15-18,21-22H2,1H3,(H2,34,35,38)/t27-,28?,30+/m1/s1. The smallest absolute Gasteiger partial charge is 0.319 e. The Balaban J connectivity index is 1.13. The first kappa shape index (κ1) is 24.4. The maximum atomic E-state index is 12.9. The molecule has 3 atom stereocenters. The molecule has 194 valence electrons. The second-order valence-electron chi connectivity index (χ2n) is 10.6. The molecule has 2 aliphatic heterocycles. The Kier molecular flexibility index (Phi) is 6.97. The van der Waals surface area contributed by atoms with Crippen molar-refractivity contribution in [1.29, 1.82) is 0 Å². The Morgan fingerprint density at radius 2 is 1.63 bits per heavy atom. The van der Waals surface area contributed by atoms with Gasteiger partial charge in [0.25, 0.3) is 0 Å². The summed E-state index contributed by atoms with van der Waals surface area (Å²) in [6.07, 6.45) is 7.29. The Hall–Kier alpha value is -3.90.